The summed E-state index contributed by atoms with van der Waals surface area (Å²) in [6.45, 7) is 0. The van der Waals surface area contributed by atoms with Crippen LogP contribution in [0, 0.1) is 0 Å². The Bertz CT molecular complexity index is 1010. The molecule has 32 heavy (non-hydrogen) atoms. The van der Waals surface area contributed by atoms with E-state index in [4.69, 9.17) is 11.6 Å². The van der Waals surface area contributed by atoms with Gasteiger partial charge < -0.3 is 9.66 Å². The zero-order chi connectivity index (χ0) is 23.6. The van der Waals surface area contributed by atoms with Crippen molar-refractivity contribution in [2.75, 3.05) is 5.88 Å². The van der Waals surface area contributed by atoms with E-state index in [0.717, 1.165) is 0 Å². The van der Waals surface area contributed by atoms with Gasteiger partial charge in [0.15, 0.2) is 24.8 Å². The summed E-state index contributed by atoms with van der Waals surface area (Å²) in [4.78, 5) is 3.77. The number of rotatable bonds is 8. The third-order valence-electron chi connectivity index (χ3n) is 4.25. The lowest BCUT2D eigenvalue weighted by molar-refractivity contribution is 0.0677. The van der Waals surface area contributed by atoms with Gasteiger partial charge in [0.1, 0.15) is 5.75 Å². The molecule has 0 heterocycles. The van der Waals surface area contributed by atoms with Crippen molar-refractivity contribution in [3.8, 4) is 5.75 Å². The van der Waals surface area contributed by atoms with Crippen molar-refractivity contribution in [3.05, 3.63) is 84.9 Å². The van der Waals surface area contributed by atoms with Gasteiger partial charge >= 0.3 is 5.25 Å². The SMILES string of the molecule is O=S(=O)([O-])C(F)(F)CCCCCl.Oc1ccc([S+](c2ccccc2)c2ccccc2)cc1. The first-order valence-electron chi connectivity index (χ1n) is 9.68. The van der Waals surface area contributed by atoms with Crippen LogP contribution in [-0.2, 0) is 21.0 Å². The molecule has 1 N–H and O–H groups in total. The molecule has 3 aromatic rings. The molecule has 0 unspecified atom stereocenters. The average Bonchev–Trinajstić information content (AvgIpc) is 2.77. The number of phenolic OH excluding ortho intramolecular Hbond substituents is 1. The second kappa shape index (κ2) is 12.2. The average molecular weight is 501 g/mol. The first-order valence-corrected chi connectivity index (χ1v) is 12.8. The van der Waals surface area contributed by atoms with Crippen LogP contribution in [0.25, 0.3) is 0 Å². The molecule has 0 bridgehead atoms. The van der Waals surface area contributed by atoms with E-state index in [9.17, 15) is 26.9 Å². The quantitative estimate of drug-likeness (QED) is 0.177. The van der Waals surface area contributed by atoms with Crippen molar-refractivity contribution < 1.29 is 26.9 Å². The number of alkyl halides is 3. The van der Waals surface area contributed by atoms with E-state index < -0.39 is 21.8 Å². The largest absolute Gasteiger partial charge is 0.743 e. The molecule has 4 nitrogen and oxygen atoms in total. The summed E-state index contributed by atoms with van der Waals surface area (Å²) in [6.07, 6.45) is -0.754. The molecule has 3 rings (SSSR count). The van der Waals surface area contributed by atoms with Gasteiger partial charge in [0.05, 0.1) is 10.9 Å². The number of aromatic hydroxyl groups is 1. The van der Waals surface area contributed by atoms with Gasteiger partial charge in [-0.1, -0.05) is 36.4 Å². The van der Waals surface area contributed by atoms with Gasteiger partial charge in [0, 0.05) is 12.3 Å². The third-order valence-corrected chi connectivity index (χ3v) is 7.68. The first kappa shape index (κ1) is 26.1. The molecule has 0 atom stereocenters. The Morgan fingerprint density at radius 3 is 1.66 bits per heavy atom. The summed E-state index contributed by atoms with van der Waals surface area (Å²) in [7, 11) is -5.64. The molecule has 3 aromatic carbocycles. The summed E-state index contributed by atoms with van der Waals surface area (Å²) in [5.74, 6) is 0.480. The topological polar surface area (TPSA) is 77.4 Å². The van der Waals surface area contributed by atoms with Gasteiger partial charge in [-0.05, 0) is 61.4 Å². The summed E-state index contributed by atoms with van der Waals surface area (Å²) >= 11 is 5.17. The summed E-state index contributed by atoms with van der Waals surface area (Å²) in [5.41, 5.74) is 0. The number of unbranched alkanes of at least 4 members (excludes halogenated alkanes) is 1. The van der Waals surface area contributed by atoms with Crippen molar-refractivity contribution in [2.24, 2.45) is 0 Å². The predicted octanol–water partition coefficient (Wildman–Crippen LogP) is 6.02. The molecule has 0 aliphatic carbocycles. The molecule has 0 aliphatic rings. The Kier molecular flexibility index (Phi) is 9.96. The lowest BCUT2D eigenvalue weighted by Gasteiger charge is -2.19. The Morgan fingerprint density at radius 2 is 1.25 bits per heavy atom. The summed E-state index contributed by atoms with van der Waals surface area (Å²) in [5, 5.41) is 5.33. The standard InChI is InChI=1S/C18H14OS.C5H9ClF2O3S/c19-15-11-13-18(14-12-15)20(16-7-3-1-4-8-16)17-9-5-2-6-10-17;6-4-2-1-3-5(7,8)12(9,10)11/h1-14H;1-4H2,(H,9,10,11). The molecular weight excluding hydrogens is 478 g/mol. The fourth-order valence-corrected chi connectivity index (χ4v) is 5.32. The molecule has 0 saturated carbocycles. The Labute approximate surface area is 195 Å². The molecule has 0 aliphatic heterocycles. The fraction of sp³-hybridized carbons (Fsp3) is 0.217. The highest BCUT2D eigenvalue weighted by molar-refractivity contribution is 7.97. The van der Waals surface area contributed by atoms with Crippen molar-refractivity contribution >= 4 is 32.6 Å². The maximum Gasteiger partial charge on any atom is 0.334 e. The van der Waals surface area contributed by atoms with Crippen LogP contribution in [0.5, 0.6) is 5.75 Å². The zero-order valence-electron chi connectivity index (χ0n) is 17.0. The Hall–Kier alpha value is -2.13. The molecule has 9 heteroatoms. The molecule has 0 spiro atoms. The van der Waals surface area contributed by atoms with Crippen LogP contribution in [0.4, 0.5) is 8.78 Å². The van der Waals surface area contributed by atoms with E-state index in [1.807, 2.05) is 24.3 Å². The van der Waals surface area contributed by atoms with E-state index in [1.165, 1.54) is 14.7 Å². The van der Waals surface area contributed by atoms with E-state index in [-0.39, 0.29) is 29.6 Å². The Balaban J connectivity index is 0.000000262. The van der Waals surface area contributed by atoms with Gasteiger partial charge in [0.2, 0.25) is 0 Å². The molecule has 0 radical (unpaired) electrons. The normalized spacial score (nSPS) is 11.7. The minimum absolute atomic E-state index is 0.0715. The number of hydrogen-bond donors (Lipinski definition) is 1. The van der Waals surface area contributed by atoms with Crippen LogP contribution in [0.2, 0.25) is 0 Å². The zero-order valence-corrected chi connectivity index (χ0v) is 19.4. The minimum Gasteiger partial charge on any atom is -0.743 e. The number of hydrogen-bond acceptors (Lipinski definition) is 4. The van der Waals surface area contributed by atoms with Crippen molar-refractivity contribution in [3.63, 3.8) is 0 Å². The maximum absolute atomic E-state index is 12.3. The van der Waals surface area contributed by atoms with Crippen molar-refractivity contribution in [1.29, 1.82) is 0 Å². The smallest absolute Gasteiger partial charge is 0.334 e. The monoisotopic (exact) mass is 500 g/mol. The van der Waals surface area contributed by atoms with E-state index in [1.54, 1.807) is 12.1 Å². The lowest BCUT2D eigenvalue weighted by Crippen LogP contribution is -2.28. The highest BCUT2D eigenvalue weighted by atomic mass is 35.5. The fourth-order valence-electron chi connectivity index (χ4n) is 2.65. The molecular formula is C23H23ClF2O4S2. The maximum atomic E-state index is 12.3. The number of halogens is 3. The van der Waals surface area contributed by atoms with Crippen molar-refractivity contribution in [2.45, 2.75) is 39.2 Å². The van der Waals surface area contributed by atoms with Crippen molar-refractivity contribution in [1.82, 2.24) is 0 Å². The molecule has 172 valence electrons. The van der Waals surface area contributed by atoms with E-state index in [2.05, 4.69) is 48.5 Å². The van der Waals surface area contributed by atoms with Gasteiger partial charge in [-0.25, -0.2) is 8.42 Å². The molecule has 0 aromatic heterocycles. The highest BCUT2D eigenvalue weighted by Crippen LogP contribution is 2.31. The number of benzene rings is 3. The minimum atomic E-state index is -5.51. The predicted molar refractivity (Wildman–Crippen MR) is 122 cm³/mol. The van der Waals surface area contributed by atoms with Crippen LogP contribution in [-0.4, -0.2) is 29.2 Å². The molecule has 0 saturated heterocycles. The van der Waals surface area contributed by atoms with Gasteiger partial charge in [-0.15, -0.1) is 11.6 Å². The van der Waals surface area contributed by atoms with Crippen LogP contribution >= 0.6 is 11.6 Å². The van der Waals surface area contributed by atoms with Crippen LogP contribution in [0.1, 0.15) is 19.3 Å². The van der Waals surface area contributed by atoms with Gasteiger partial charge in [-0.3, -0.25) is 0 Å². The second-order valence-electron chi connectivity index (χ2n) is 6.66. The lowest BCUT2D eigenvalue weighted by atomic mass is 10.2. The number of phenols is 1. The third kappa shape index (κ3) is 7.78. The second-order valence-corrected chi connectivity index (χ2v) is 10.6. The van der Waals surface area contributed by atoms with Crippen LogP contribution < -0.4 is 0 Å². The van der Waals surface area contributed by atoms with Crippen LogP contribution in [0.15, 0.2) is 99.6 Å². The first-order chi connectivity index (χ1) is 15.2. The highest BCUT2D eigenvalue weighted by Gasteiger charge is 2.36. The summed E-state index contributed by atoms with van der Waals surface area (Å²) < 4.78 is 54.3. The van der Waals surface area contributed by atoms with Crippen LogP contribution in [0.3, 0.4) is 0 Å². The molecule has 0 amide bonds. The summed E-state index contributed by atoms with van der Waals surface area (Å²) in [6, 6.07) is 28.5. The van der Waals surface area contributed by atoms with Gasteiger partial charge in [-0.2, -0.15) is 8.78 Å². The van der Waals surface area contributed by atoms with E-state index in [0.29, 0.717) is 5.75 Å². The van der Waals surface area contributed by atoms with Gasteiger partial charge in [0.25, 0.3) is 0 Å². The molecule has 0 fully saturated rings. The Morgan fingerprint density at radius 1 is 0.812 bits per heavy atom. The van der Waals surface area contributed by atoms with E-state index >= 15 is 0 Å².